The Morgan fingerprint density at radius 2 is 2.26 bits per heavy atom. The molecule has 2 amide bonds. The second-order valence-corrected chi connectivity index (χ2v) is 6.18. The highest BCUT2D eigenvalue weighted by Crippen LogP contribution is 2.28. The fourth-order valence-electron chi connectivity index (χ4n) is 3.07. The average Bonchev–Trinajstić information content (AvgIpc) is 3.28. The van der Waals surface area contributed by atoms with E-state index in [1.165, 1.54) is 12.4 Å². The van der Waals surface area contributed by atoms with Crippen molar-refractivity contribution in [2.75, 3.05) is 25.1 Å². The van der Waals surface area contributed by atoms with E-state index in [2.05, 4.69) is 10.3 Å². The van der Waals surface area contributed by atoms with Crippen LogP contribution in [-0.4, -0.2) is 41.6 Å². The van der Waals surface area contributed by atoms with E-state index in [0.29, 0.717) is 11.4 Å². The number of benzene rings is 1. The monoisotopic (exact) mass is 378 g/mol. The van der Waals surface area contributed by atoms with Crippen molar-refractivity contribution in [1.82, 2.24) is 14.9 Å². The highest BCUT2D eigenvalue weighted by Gasteiger charge is 2.35. The topological polar surface area (TPSA) is 76.5 Å². The van der Waals surface area contributed by atoms with Crippen molar-refractivity contribution in [2.45, 2.75) is 19.4 Å². The van der Waals surface area contributed by atoms with Crippen LogP contribution >= 0.6 is 0 Å². The molecule has 9 heteroatoms. The van der Waals surface area contributed by atoms with Crippen LogP contribution in [0.1, 0.15) is 18.8 Å². The molecule has 2 aromatic rings. The van der Waals surface area contributed by atoms with E-state index >= 15 is 0 Å². The summed E-state index contributed by atoms with van der Waals surface area (Å²) in [5.74, 6) is -0.0763. The number of ether oxygens (including phenoxy) is 1. The smallest absolute Gasteiger partial charge is 0.319 e. The number of nitrogens with zero attached hydrogens (tertiary/aromatic N) is 3. The van der Waals surface area contributed by atoms with Crippen LogP contribution in [0.3, 0.4) is 0 Å². The Morgan fingerprint density at radius 1 is 1.44 bits per heavy atom. The molecule has 1 fully saturated rings. The molecule has 1 saturated heterocycles. The van der Waals surface area contributed by atoms with Gasteiger partial charge < -0.3 is 15.0 Å². The Hall–Kier alpha value is -2.97. The number of alkyl halides is 2. The van der Waals surface area contributed by atoms with Gasteiger partial charge in [0.2, 0.25) is 11.8 Å². The molecule has 0 radical (unpaired) electrons. The summed E-state index contributed by atoms with van der Waals surface area (Å²) in [7, 11) is 1.54. The molecule has 2 heterocycles. The zero-order valence-corrected chi connectivity index (χ0v) is 14.8. The van der Waals surface area contributed by atoms with Crippen molar-refractivity contribution in [3.05, 3.63) is 42.5 Å². The molecule has 3 rings (SSSR count). The third-order valence-electron chi connectivity index (χ3n) is 4.47. The van der Waals surface area contributed by atoms with Crippen molar-refractivity contribution < 1.29 is 23.1 Å². The number of halogens is 2. The number of carbonyl (C=O) groups is 2. The summed E-state index contributed by atoms with van der Waals surface area (Å²) in [6.07, 6.45) is 2.78. The minimum Gasteiger partial charge on any atom is -0.497 e. The molecule has 1 atom stereocenters. The molecule has 0 bridgehead atoms. The number of rotatable bonds is 7. The Kier molecular flexibility index (Phi) is 5.68. The molecule has 1 aliphatic heterocycles. The fraction of sp³-hybridized carbons (Fsp3) is 0.389. The van der Waals surface area contributed by atoms with Crippen molar-refractivity contribution in [3.63, 3.8) is 0 Å². The lowest BCUT2D eigenvalue weighted by Crippen LogP contribution is -2.34. The van der Waals surface area contributed by atoms with Gasteiger partial charge in [0.15, 0.2) is 0 Å². The largest absolute Gasteiger partial charge is 0.497 e. The lowest BCUT2D eigenvalue weighted by Gasteiger charge is -2.17. The summed E-state index contributed by atoms with van der Waals surface area (Å²) in [5.41, 5.74) is 0.675. The van der Waals surface area contributed by atoms with E-state index in [1.807, 2.05) is 0 Å². The SMILES string of the molecule is COc1cccc(N2CC(C(=O)NCCc3nccn3C(F)F)CC2=O)c1. The van der Waals surface area contributed by atoms with Crippen LogP contribution < -0.4 is 15.0 Å². The summed E-state index contributed by atoms with van der Waals surface area (Å²) in [5, 5.41) is 2.70. The second kappa shape index (κ2) is 8.15. The highest BCUT2D eigenvalue weighted by atomic mass is 19.3. The van der Waals surface area contributed by atoms with Gasteiger partial charge in [-0.05, 0) is 12.1 Å². The van der Waals surface area contributed by atoms with E-state index in [1.54, 1.807) is 36.3 Å². The standard InChI is InChI=1S/C18H20F2N4O3/c1-27-14-4-2-3-13(10-14)24-11-12(9-16(24)25)17(26)22-6-5-15-21-7-8-23(15)18(19)20/h2-4,7-8,10,12,18H,5-6,9,11H2,1H3,(H,22,26). The summed E-state index contributed by atoms with van der Waals surface area (Å²) in [6, 6.07) is 7.07. The van der Waals surface area contributed by atoms with Gasteiger partial charge in [0.1, 0.15) is 11.6 Å². The number of methoxy groups -OCH3 is 1. The van der Waals surface area contributed by atoms with E-state index in [-0.39, 0.29) is 43.6 Å². The van der Waals surface area contributed by atoms with Gasteiger partial charge in [-0.2, -0.15) is 8.78 Å². The first-order chi connectivity index (χ1) is 13.0. The van der Waals surface area contributed by atoms with E-state index < -0.39 is 12.5 Å². The highest BCUT2D eigenvalue weighted by molar-refractivity contribution is 6.00. The molecule has 0 aliphatic carbocycles. The van der Waals surface area contributed by atoms with Crippen LogP contribution in [0.4, 0.5) is 14.5 Å². The van der Waals surface area contributed by atoms with Crippen LogP contribution in [0.25, 0.3) is 0 Å². The lowest BCUT2D eigenvalue weighted by atomic mass is 10.1. The van der Waals surface area contributed by atoms with Crippen molar-refractivity contribution in [2.24, 2.45) is 5.92 Å². The van der Waals surface area contributed by atoms with Crippen molar-refractivity contribution >= 4 is 17.5 Å². The minimum atomic E-state index is -2.66. The third-order valence-corrected chi connectivity index (χ3v) is 4.47. The normalized spacial score (nSPS) is 16.8. The average molecular weight is 378 g/mol. The molecule has 7 nitrogen and oxygen atoms in total. The van der Waals surface area contributed by atoms with E-state index in [0.717, 1.165) is 4.57 Å². The number of imidazole rings is 1. The maximum Gasteiger partial charge on any atom is 0.319 e. The van der Waals surface area contributed by atoms with Crippen LogP contribution in [0.2, 0.25) is 0 Å². The van der Waals surface area contributed by atoms with Crippen molar-refractivity contribution in [1.29, 1.82) is 0 Å². The van der Waals surface area contributed by atoms with Gasteiger partial charge in [-0.15, -0.1) is 0 Å². The summed E-state index contributed by atoms with van der Waals surface area (Å²) in [6.45, 7) is -2.22. The quantitative estimate of drug-likeness (QED) is 0.800. The molecule has 1 unspecified atom stereocenters. The van der Waals surface area contributed by atoms with Gasteiger partial charge >= 0.3 is 6.55 Å². The maximum atomic E-state index is 12.8. The van der Waals surface area contributed by atoms with E-state index in [9.17, 15) is 18.4 Å². The van der Waals surface area contributed by atoms with Gasteiger partial charge in [0, 0.05) is 50.1 Å². The first-order valence-corrected chi connectivity index (χ1v) is 8.51. The van der Waals surface area contributed by atoms with Gasteiger partial charge in [0.05, 0.1) is 13.0 Å². The lowest BCUT2D eigenvalue weighted by molar-refractivity contribution is -0.126. The van der Waals surface area contributed by atoms with Crippen LogP contribution in [-0.2, 0) is 16.0 Å². The van der Waals surface area contributed by atoms with Crippen molar-refractivity contribution in [3.8, 4) is 5.75 Å². The predicted molar refractivity (Wildman–Crippen MR) is 93.6 cm³/mol. The molecule has 1 N–H and O–H groups in total. The Labute approximate surface area is 154 Å². The van der Waals surface area contributed by atoms with E-state index in [4.69, 9.17) is 4.74 Å². The zero-order valence-electron chi connectivity index (χ0n) is 14.8. The Balaban J connectivity index is 1.55. The summed E-state index contributed by atoms with van der Waals surface area (Å²) in [4.78, 5) is 30.0. The van der Waals surface area contributed by atoms with Crippen LogP contribution in [0, 0.1) is 5.92 Å². The number of hydrogen-bond acceptors (Lipinski definition) is 4. The number of aromatic nitrogens is 2. The third kappa shape index (κ3) is 4.24. The molecule has 144 valence electrons. The number of anilines is 1. The van der Waals surface area contributed by atoms with Gasteiger partial charge in [-0.25, -0.2) is 4.98 Å². The number of nitrogens with one attached hydrogen (secondary N) is 1. The molecule has 27 heavy (non-hydrogen) atoms. The predicted octanol–water partition coefficient (Wildman–Crippen LogP) is 2.00. The summed E-state index contributed by atoms with van der Waals surface area (Å²) >= 11 is 0. The maximum absolute atomic E-state index is 12.8. The summed E-state index contributed by atoms with van der Waals surface area (Å²) < 4.78 is 31.5. The minimum absolute atomic E-state index is 0.106. The molecule has 1 aliphatic rings. The Bertz CT molecular complexity index is 824. The van der Waals surface area contributed by atoms with Crippen LogP contribution in [0.15, 0.2) is 36.7 Å². The first-order valence-electron chi connectivity index (χ1n) is 8.51. The molecular weight excluding hydrogens is 358 g/mol. The van der Waals surface area contributed by atoms with Gasteiger partial charge in [-0.3, -0.25) is 14.2 Å². The Morgan fingerprint density at radius 3 is 3.00 bits per heavy atom. The van der Waals surface area contributed by atoms with Gasteiger partial charge in [-0.1, -0.05) is 6.07 Å². The molecule has 0 saturated carbocycles. The number of amides is 2. The van der Waals surface area contributed by atoms with Gasteiger partial charge in [0.25, 0.3) is 0 Å². The first kappa shape index (κ1) is 18.8. The second-order valence-electron chi connectivity index (χ2n) is 6.18. The zero-order chi connectivity index (χ0) is 19.4. The molecular formula is C18H20F2N4O3. The number of hydrogen-bond donors (Lipinski definition) is 1. The molecule has 1 aromatic carbocycles. The molecule has 1 aromatic heterocycles. The fourth-order valence-corrected chi connectivity index (χ4v) is 3.07. The number of carbonyl (C=O) groups excluding carboxylic acids is 2. The molecule has 0 spiro atoms. The van der Waals surface area contributed by atoms with Crippen LogP contribution in [0.5, 0.6) is 5.75 Å².